The first kappa shape index (κ1) is 15.6. The summed E-state index contributed by atoms with van der Waals surface area (Å²) in [6.07, 6.45) is 7.91. The maximum atomic E-state index is 11.9. The van der Waals surface area contributed by atoms with Crippen molar-refractivity contribution in [1.82, 2.24) is 20.3 Å². The molecule has 0 aliphatic carbocycles. The molecule has 1 atom stereocenters. The van der Waals surface area contributed by atoms with Gasteiger partial charge in [0.15, 0.2) is 17.4 Å². The fourth-order valence-corrected chi connectivity index (χ4v) is 2.57. The molecular formula is C16H20N4O3. The Morgan fingerprint density at radius 3 is 2.74 bits per heavy atom. The van der Waals surface area contributed by atoms with Crippen LogP contribution in [0.5, 0.6) is 0 Å². The molecule has 122 valence electrons. The summed E-state index contributed by atoms with van der Waals surface area (Å²) in [6.45, 7) is 4.80. The minimum atomic E-state index is -0.404. The summed E-state index contributed by atoms with van der Waals surface area (Å²) < 4.78 is 10.9. The molecule has 7 heteroatoms. The lowest BCUT2D eigenvalue weighted by Crippen LogP contribution is -2.32. The van der Waals surface area contributed by atoms with Crippen molar-refractivity contribution in [3.63, 3.8) is 0 Å². The highest BCUT2D eigenvalue weighted by molar-refractivity contribution is 5.91. The quantitative estimate of drug-likeness (QED) is 0.929. The molecule has 1 N–H and O–H groups in total. The van der Waals surface area contributed by atoms with Crippen LogP contribution in [0.25, 0.3) is 0 Å². The summed E-state index contributed by atoms with van der Waals surface area (Å²) in [5, 5.41) is 2.76. The summed E-state index contributed by atoms with van der Waals surface area (Å²) in [5.41, 5.74) is 0.683. The molecule has 0 radical (unpaired) electrons. The highest BCUT2D eigenvalue weighted by atomic mass is 16.5. The molecule has 3 rings (SSSR count). The van der Waals surface area contributed by atoms with Crippen molar-refractivity contribution >= 4 is 5.91 Å². The largest absolute Gasteiger partial charge is 0.448 e. The van der Waals surface area contributed by atoms with Gasteiger partial charge in [-0.3, -0.25) is 4.79 Å². The summed E-state index contributed by atoms with van der Waals surface area (Å²) in [6, 6.07) is 0. The van der Waals surface area contributed by atoms with Gasteiger partial charge < -0.3 is 14.5 Å². The van der Waals surface area contributed by atoms with Crippen LogP contribution in [-0.4, -0.2) is 27.5 Å². The molecular weight excluding hydrogens is 296 g/mol. The van der Waals surface area contributed by atoms with Gasteiger partial charge in [-0.05, 0) is 26.2 Å². The number of carbonyl (C=O) groups is 1. The lowest BCUT2D eigenvalue weighted by atomic mass is 9.95. The third-order valence-corrected chi connectivity index (χ3v) is 3.95. The van der Waals surface area contributed by atoms with Crippen LogP contribution in [-0.2, 0) is 16.9 Å². The van der Waals surface area contributed by atoms with E-state index in [1.165, 1.54) is 6.26 Å². The van der Waals surface area contributed by atoms with E-state index in [1.807, 2.05) is 6.92 Å². The van der Waals surface area contributed by atoms with Crippen LogP contribution < -0.4 is 5.32 Å². The summed E-state index contributed by atoms with van der Waals surface area (Å²) in [4.78, 5) is 24.7. The van der Waals surface area contributed by atoms with Gasteiger partial charge in [0.05, 0.1) is 0 Å². The van der Waals surface area contributed by atoms with Crippen molar-refractivity contribution < 1.29 is 13.9 Å². The van der Waals surface area contributed by atoms with Crippen molar-refractivity contribution in [2.75, 3.05) is 6.61 Å². The Morgan fingerprint density at radius 1 is 1.35 bits per heavy atom. The van der Waals surface area contributed by atoms with Crippen LogP contribution in [0.4, 0.5) is 0 Å². The molecule has 1 fully saturated rings. The number of carbonyl (C=O) groups excluding carboxylic acids is 1. The Labute approximate surface area is 134 Å². The second-order valence-electron chi connectivity index (χ2n) is 5.89. The van der Waals surface area contributed by atoms with Gasteiger partial charge in [-0.1, -0.05) is 0 Å². The Balaban J connectivity index is 1.60. The molecule has 1 aliphatic heterocycles. The predicted octanol–water partition coefficient (Wildman–Crippen LogP) is 2.12. The number of rotatable bonds is 4. The fraction of sp³-hybridized carbons (Fsp3) is 0.500. The molecule has 1 amide bonds. The maximum Gasteiger partial charge on any atom is 0.273 e. The normalized spacial score (nSPS) is 21.1. The molecule has 0 aromatic carbocycles. The number of oxazole rings is 1. The average molecular weight is 316 g/mol. The number of nitrogens with one attached hydrogen (secondary N) is 1. The van der Waals surface area contributed by atoms with E-state index >= 15 is 0 Å². The van der Waals surface area contributed by atoms with Crippen molar-refractivity contribution in [3.8, 4) is 0 Å². The molecule has 1 aliphatic rings. The van der Waals surface area contributed by atoms with E-state index in [0.717, 1.165) is 31.4 Å². The fourth-order valence-electron chi connectivity index (χ4n) is 2.57. The van der Waals surface area contributed by atoms with E-state index in [0.29, 0.717) is 18.3 Å². The monoisotopic (exact) mass is 316 g/mol. The first-order valence-corrected chi connectivity index (χ1v) is 7.72. The zero-order valence-corrected chi connectivity index (χ0v) is 13.3. The van der Waals surface area contributed by atoms with Crippen molar-refractivity contribution in [3.05, 3.63) is 41.6 Å². The number of amides is 1. The lowest BCUT2D eigenvalue weighted by Gasteiger charge is -2.32. The third-order valence-electron chi connectivity index (χ3n) is 3.95. The minimum absolute atomic E-state index is 0.267. The first-order valence-electron chi connectivity index (χ1n) is 7.72. The summed E-state index contributed by atoms with van der Waals surface area (Å²) in [7, 11) is 0. The Hall–Kier alpha value is -2.28. The zero-order valence-electron chi connectivity index (χ0n) is 13.3. The summed E-state index contributed by atoms with van der Waals surface area (Å²) >= 11 is 0. The van der Waals surface area contributed by atoms with Crippen LogP contribution >= 0.6 is 0 Å². The lowest BCUT2D eigenvalue weighted by molar-refractivity contribution is -0.0760. The highest BCUT2D eigenvalue weighted by Crippen LogP contribution is 2.32. The van der Waals surface area contributed by atoms with E-state index in [9.17, 15) is 4.79 Å². The smallest absolute Gasteiger partial charge is 0.273 e. The molecule has 0 bridgehead atoms. The van der Waals surface area contributed by atoms with Gasteiger partial charge in [0, 0.05) is 38.0 Å². The van der Waals surface area contributed by atoms with Crippen molar-refractivity contribution in [2.45, 2.75) is 45.3 Å². The zero-order chi connectivity index (χ0) is 16.3. The average Bonchev–Trinajstić information content (AvgIpc) is 3.00. The molecule has 1 saturated heterocycles. The second-order valence-corrected chi connectivity index (χ2v) is 5.89. The highest BCUT2D eigenvalue weighted by Gasteiger charge is 2.32. The Kier molecular flexibility index (Phi) is 4.38. The number of aromatic nitrogens is 3. The van der Waals surface area contributed by atoms with Gasteiger partial charge in [-0.15, -0.1) is 0 Å². The SMILES string of the molecule is Cc1nc(C(=O)NCc2cnc([C@]3(C)CCCCO3)nc2)co1. The minimum Gasteiger partial charge on any atom is -0.448 e. The number of ether oxygens (including phenoxy) is 1. The van der Waals surface area contributed by atoms with Crippen molar-refractivity contribution in [1.29, 1.82) is 0 Å². The Morgan fingerprint density at radius 2 is 2.13 bits per heavy atom. The molecule has 0 unspecified atom stereocenters. The molecule has 3 heterocycles. The second kappa shape index (κ2) is 6.45. The summed E-state index contributed by atoms with van der Waals surface area (Å²) in [5.74, 6) is 0.872. The molecule has 23 heavy (non-hydrogen) atoms. The molecule has 7 nitrogen and oxygen atoms in total. The number of hydrogen-bond donors (Lipinski definition) is 1. The van der Waals surface area contributed by atoms with E-state index in [1.54, 1.807) is 19.3 Å². The van der Waals surface area contributed by atoms with E-state index < -0.39 is 5.60 Å². The topological polar surface area (TPSA) is 90.1 Å². The number of nitrogens with zero attached hydrogens (tertiary/aromatic N) is 3. The molecule has 2 aromatic rings. The number of hydrogen-bond acceptors (Lipinski definition) is 6. The maximum absolute atomic E-state index is 11.9. The van der Waals surface area contributed by atoms with E-state index in [-0.39, 0.29) is 11.6 Å². The third kappa shape index (κ3) is 3.56. The molecule has 2 aromatic heterocycles. The van der Waals surface area contributed by atoms with Gasteiger partial charge in [0.2, 0.25) is 0 Å². The van der Waals surface area contributed by atoms with Gasteiger partial charge in [0.25, 0.3) is 5.91 Å². The van der Waals surface area contributed by atoms with Crippen molar-refractivity contribution in [2.24, 2.45) is 0 Å². The van der Waals surface area contributed by atoms with Crippen LogP contribution in [0, 0.1) is 6.92 Å². The van der Waals surface area contributed by atoms with Gasteiger partial charge in [-0.2, -0.15) is 0 Å². The first-order chi connectivity index (χ1) is 11.1. The van der Waals surface area contributed by atoms with Crippen LogP contribution in [0.2, 0.25) is 0 Å². The van der Waals surface area contributed by atoms with Crippen LogP contribution in [0.3, 0.4) is 0 Å². The van der Waals surface area contributed by atoms with Gasteiger partial charge in [-0.25, -0.2) is 15.0 Å². The van der Waals surface area contributed by atoms with Gasteiger partial charge in [0.1, 0.15) is 11.9 Å². The predicted molar refractivity (Wildman–Crippen MR) is 81.6 cm³/mol. The van der Waals surface area contributed by atoms with E-state index in [4.69, 9.17) is 9.15 Å². The number of aryl methyl sites for hydroxylation is 1. The Bertz CT molecular complexity index is 675. The molecule has 0 saturated carbocycles. The molecule has 0 spiro atoms. The van der Waals surface area contributed by atoms with Gasteiger partial charge >= 0.3 is 0 Å². The standard InChI is InChI=1S/C16H20N4O3/c1-11-20-13(10-22-11)14(21)17-7-12-8-18-15(19-9-12)16(2)5-3-4-6-23-16/h8-10H,3-7H2,1-2H3,(H,17,21)/t16-/m0/s1. The van der Waals surface area contributed by atoms with E-state index in [2.05, 4.69) is 20.3 Å². The van der Waals surface area contributed by atoms with Crippen LogP contribution in [0.15, 0.2) is 23.1 Å². The van der Waals surface area contributed by atoms with Crippen LogP contribution in [0.1, 0.15) is 54.0 Å².